The van der Waals surface area contributed by atoms with Crippen LogP contribution >= 0.6 is 23.4 Å². The molecule has 0 radical (unpaired) electrons. The molecular formula is C24H17ClF3N5O2S. The van der Waals surface area contributed by atoms with Crippen LogP contribution < -0.4 is 10.6 Å². The highest BCUT2D eigenvalue weighted by molar-refractivity contribution is 7.99. The van der Waals surface area contributed by atoms with E-state index in [2.05, 4.69) is 11.6 Å². The number of carbonyl (C=O) groups is 1. The first kappa shape index (κ1) is 24.2. The Balaban J connectivity index is 1.68. The van der Waals surface area contributed by atoms with Crippen molar-refractivity contribution in [3.63, 3.8) is 0 Å². The van der Waals surface area contributed by atoms with Gasteiger partial charge in [-0.15, -0.1) is 11.8 Å². The summed E-state index contributed by atoms with van der Waals surface area (Å²) in [4.78, 5) is 32.7. The number of aromatic nitrogens is 2. The molecule has 7 nitrogen and oxygen atoms in total. The van der Waals surface area contributed by atoms with Crippen LogP contribution in [-0.4, -0.2) is 51.8 Å². The molecular weight excluding hydrogens is 515 g/mol. The second kappa shape index (κ2) is 9.19. The van der Waals surface area contributed by atoms with E-state index >= 15 is 0 Å². The van der Waals surface area contributed by atoms with Crippen molar-refractivity contribution in [3.8, 4) is 17.2 Å². The Morgan fingerprint density at radius 1 is 1.25 bits per heavy atom. The van der Waals surface area contributed by atoms with Gasteiger partial charge in [0.15, 0.2) is 5.83 Å². The van der Waals surface area contributed by atoms with Gasteiger partial charge in [0.1, 0.15) is 23.5 Å². The number of aryl methyl sites for hydroxylation is 1. The van der Waals surface area contributed by atoms with Gasteiger partial charge in [0, 0.05) is 52.9 Å². The van der Waals surface area contributed by atoms with E-state index in [1.165, 1.54) is 22.4 Å². The molecule has 1 saturated heterocycles. The first-order chi connectivity index (χ1) is 17.2. The maximum atomic E-state index is 14.7. The van der Waals surface area contributed by atoms with Gasteiger partial charge in [-0.05, 0) is 18.2 Å². The van der Waals surface area contributed by atoms with Crippen molar-refractivity contribution in [2.24, 2.45) is 0 Å². The first-order valence-electron chi connectivity index (χ1n) is 10.9. The number of hydrogen-bond donors (Lipinski definition) is 0. The Hall–Kier alpha value is -3.49. The summed E-state index contributed by atoms with van der Waals surface area (Å²) in [6.07, 6.45) is 0. The minimum Gasteiger partial charge on any atom is -0.351 e. The zero-order chi connectivity index (χ0) is 25.7. The van der Waals surface area contributed by atoms with E-state index in [1.54, 1.807) is 11.0 Å². The van der Waals surface area contributed by atoms with Crippen LogP contribution in [0.25, 0.3) is 22.0 Å². The van der Waals surface area contributed by atoms with E-state index in [0.717, 1.165) is 17.0 Å². The zero-order valence-corrected chi connectivity index (χ0v) is 20.2. The van der Waals surface area contributed by atoms with Gasteiger partial charge in [-0.25, -0.2) is 18.0 Å². The van der Waals surface area contributed by atoms with Crippen molar-refractivity contribution in [2.75, 3.05) is 30.3 Å². The monoisotopic (exact) mass is 531 g/mol. The summed E-state index contributed by atoms with van der Waals surface area (Å²) < 4.78 is 43.2. The number of nitriles is 1. The smallest absolute Gasteiger partial charge is 0.350 e. The summed E-state index contributed by atoms with van der Waals surface area (Å²) in [7, 11) is 0. The minimum atomic E-state index is -1.16. The topological polar surface area (TPSA) is 82.2 Å². The van der Waals surface area contributed by atoms with Gasteiger partial charge in [-0.2, -0.15) is 10.2 Å². The highest BCUT2D eigenvalue weighted by atomic mass is 35.5. The Labute approximate surface area is 212 Å². The Bertz CT molecular complexity index is 1550. The molecule has 0 bridgehead atoms. The van der Waals surface area contributed by atoms with Crippen molar-refractivity contribution in [1.29, 1.82) is 5.26 Å². The molecule has 0 N–H and O–H groups in total. The largest absolute Gasteiger partial charge is 0.351 e. The number of halogens is 4. The normalized spacial score (nSPS) is 17.2. The van der Waals surface area contributed by atoms with E-state index in [9.17, 15) is 28.0 Å². The number of hydrogen-bond acceptors (Lipinski definition) is 6. The summed E-state index contributed by atoms with van der Waals surface area (Å²) in [6, 6.07) is 5.79. The second-order valence-electron chi connectivity index (χ2n) is 8.30. The number of amides is 1. The molecule has 1 aromatic heterocycles. The molecule has 2 aliphatic rings. The number of rotatable bonds is 3. The van der Waals surface area contributed by atoms with Crippen molar-refractivity contribution in [1.82, 2.24) is 14.5 Å². The lowest BCUT2D eigenvalue weighted by Crippen LogP contribution is -2.55. The molecule has 1 amide bonds. The van der Waals surface area contributed by atoms with Crippen LogP contribution in [0.2, 0.25) is 5.02 Å². The van der Waals surface area contributed by atoms with E-state index in [-0.39, 0.29) is 36.0 Å². The third-order valence-electron chi connectivity index (χ3n) is 6.23. The van der Waals surface area contributed by atoms with Gasteiger partial charge in [-0.1, -0.05) is 18.2 Å². The number of thioether (sulfide) groups is 1. The van der Waals surface area contributed by atoms with E-state index in [1.807, 2.05) is 6.07 Å². The van der Waals surface area contributed by atoms with Gasteiger partial charge in [0.2, 0.25) is 0 Å². The molecule has 2 aromatic carbocycles. The molecule has 184 valence electrons. The average molecular weight is 532 g/mol. The van der Waals surface area contributed by atoms with Crippen LogP contribution in [0.4, 0.5) is 19.0 Å². The van der Waals surface area contributed by atoms with Gasteiger partial charge < -0.3 is 9.80 Å². The molecule has 1 unspecified atom stereocenters. The standard InChI is InChI=1S/C24H17ClF3N5O2S/c1-12(26)23(34)32-5-4-31(11-14(32)10-29)22-16-9-17(25)19(15-3-2-13(27)8-18(15)28)21-20(16)33(6-7-36-21)24(35)30-22/h2-3,8-9,14H,1,4-7,11H2. The van der Waals surface area contributed by atoms with Gasteiger partial charge in [0.25, 0.3) is 5.91 Å². The Morgan fingerprint density at radius 3 is 2.72 bits per heavy atom. The minimum absolute atomic E-state index is 0.0144. The quantitative estimate of drug-likeness (QED) is 0.473. The third kappa shape index (κ3) is 3.90. The lowest BCUT2D eigenvalue weighted by atomic mass is 10.0. The van der Waals surface area contributed by atoms with Crippen molar-refractivity contribution in [3.05, 3.63) is 63.8 Å². The average Bonchev–Trinajstić information content (AvgIpc) is 2.86. The maximum Gasteiger partial charge on any atom is 0.350 e. The van der Waals surface area contributed by atoms with Crippen LogP contribution in [0.5, 0.6) is 0 Å². The molecule has 3 aromatic rings. The molecule has 1 atom stereocenters. The summed E-state index contributed by atoms with van der Waals surface area (Å²) >= 11 is 8.05. The third-order valence-corrected chi connectivity index (χ3v) is 7.60. The van der Waals surface area contributed by atoms with Crippen LogP contribution in [0.1, 0.15) is 0 Å². The Morgan fingerprint density at radius 2 is 2.03 bits per heavy atom. The number of benzene rings is 2. The van der Waals surface area contributed by atoms with Gasteiger partial charge >= 0.3 is 5.69 Å². The number of anilines is 1. The molecule has 0 saturated carbocycles. The molecule has 0 spiro atoms. The van der Waals surface area contributed by atoms with Gasteiger partial charge in [-0.3, -0.25) is 9.36 Å². The molecule has 12 heteroatoms. The lowest BCUT2D eigenvalue weighted by Gasteiger charge is -2.39. The Kier molecular flexibility index (Phi) is 6.18. The van der Waals surface area contributed by atoms with Crippen LogP contribution in [-0.2, 0) is 11.3 Å². The van der Waals surface area contributed by atoms with E-state index in [0.29, 0.717) is 33.7 Å². The maximum absolute atomic E-state index is 14.7. The van der Waals surface area contributed by atoms with E-state index < -0.39 is 35.1 Å². The fraction of sp³-hybridized carbons (Fsp3) is 0.250. The fourth-order valence-electron chi connectivity index (χ4n) is 4.62. The predicted molar refractivity (Wildman–Crippen MR) is 131 cm³/mol. The van der Waals surface area contributed by atoms with Crippen molar-refractivity contribution in [2.45, 2.75) is 17.5 Å². The van der Waals surface area contributed by atoms with Crippen LogP contribution in [0.3, 0.4) is 0 Å². The molecule has 3 heterocycles. The lowest BCUT2D eigenvalue weighted by molar-refractivity contribution is -0.130. The highest BCUT2D eigenvalue weighted by Crippen LogP contribution is 2.46. The summed E-state index contributed by atoms with van der Waals surface area (Å²) in [5, 5.41) is 10.3. The molecule has 36 heavy (non-hydrogen) atoms. The summed E-state index contributed by atoms with van der Waals surface area (Å²) in [6.45, 7) is 3.56. The molecule has 5 rings (SSSR count). The molecule has 1 fully saturated rings. The zero-order valence-electron chi connectivity index (χ0n) is 18.6. The SMILES string of the molecule is C=C(F)C(=O)N1CCN(c2nc(=O)n3c4c(c(-c5ccc(F)cc5F)c(Cl)cc24)SCC3)CC1C#N. The number of carbonyl (C=O) groups excluding carboxylic acids is 1. The van der Waals surface area contributed by atoms with Crippen LogP contribution in [0.15, 0.2) is 46.4 Å². The fourth-order valence-corrected chi connectivity index (χ4v) is 6.18. The number of nitrogens with zero attached hydrogens (tertiary/aromatic N) is 5. The molecule has 2 aliphatic heterocycles. The van der Waals surface area contributed by atoms with Crippen LogP contribution in [0, 0.1) is 23.0 Å². The number of piperazine rings is 1. The van der Waals surface area contributed by atoms with E-state index in [4.69, 9.17) is 11.6 Å². The molecule has 0 aliphatic carbocycles. The van der Waals surface area contributed by atoms with Crippen molar-refractivity contribution >= 4 is 46.0 Å². The van der Waals surface area contributed by atoms with Crippen molar-refractivity contribution < 1.29 is 18.0 Å². The predicted octanol–water partition coefficient (Wildman–Crippen LogP) is 4.12. The van der Waals surface area contributed by atoms with Gasteiger partial charge in [0.05, 0.1) is 23.2 Å². The second-order valence-corrected chi connectivity index (χ2v) is 9.81. The summed E-state index contributed by atoms with van der Waals surface area (Å²) in [5.41, 5.74) is 0.432. The highest BCUT2D eigenvalue weighted by Gasteiger charge is 2.34. The first-order valence-corrected chi connectivity index (χ1v) is 12.2. The summed E-state index contributed by atoms with van der Waals surface area (Å²) in [5.74, 6) is -2.85.